The standard InChI is InChI=1S/C24H22ClN3O4/c1-26-23(30)19-14-27-10-11-28(13-17-8-5-9-18(25)12-17)24(31)20(27)22(21(19)29)32-15-16-6-3-2-4-7-16/h2-9,12,14H,10-11,13,15H2,1H3,(H,26,30). The number of nitrogens with one attached hydrogen (secondary N) is 1. The molecule has 0 radical (unpaired) electrons. The van der Waals surface area contributed by atoms with Gasteiger partial charge in [0.15, 0.2) is 11.4 Å². The molecule has 1 aliphatic rings. The summed E-state index contributed by atoms with van der Waals surface area (Å²) in [5.41, 5.74) is 1.21. The number of carbonyl (C=O) groups excluding carboxylic acids is 2. The van der Waals surface area contributed by atoms with E-state index in [1.54, 1.807) is 21.6 Å². The molecule has 0 fully saturated rings. The van der Waals surface area contributed by atoms with E-state index in [9.17, 15) is 14.4 Å². The summed E-state index contributed by atoms with van der Waals surface area (Å²) in [5, 5.41) is 3.06. The summed E-state index contributed by atoms with van der Waals surface area (Å²) in [6.07, 6.45) is 1.43. The zero-order valence-electron chi connectivity index (χ0n) is 17.5. The van der Waals surface area contributed by atoms with Gasteiger partial charge >= 0.3 is 0 Å². The third-order valence-corrected chi connectivity index (χ3v) is 5.53. The fraction of sp³-hybridized carbons (Fsp3) is 0.208. The quantitative estimate of drug-likeness (QED) is 0.624. The fourth-order valence-electron chi connectivity index (χ4n) is 3.68. The lowest BCUT2D eigenvalue weighted by Crippen LogP contribution is -2.42. The van der Waals surface area contributed by atoms with Crippen molar-refractivity contribution in [3.8, 4) is 5.75 Å². The number of rotatable bonds is 6. The van der Waals surface area contributed by atoms with Gasteiger partial charge in [-0.25, -0.2) is 0 Å². The number of amides is 2. The van der Waals surface area contributed by atoms with Gasteiger partial charge in [0.05, 0.1) is 0 Å². The molecule has 32 heavy (non-hydrogen) atoms. The minimum Gasteiger partial charge on any atom is -0.483 e. The third-order valence-electron chi connectivity index (χ3n) is 5.30. The number of halogens is 1. The van der Waals surface area contributed by atoms with Gasteiger partial charge in [-0.15, -0.1) is 0 Å². The van der Waals surface area contributed by atoms with Crippen molar-refractivity contribution in [2.45, 2.75) is 19.7 Å². The summed E-state index contributed by atoms with van der Waals surface area (Å²) in [7, 11) is 1.45. The SMILES string of the molecule is CNC(=O)c1cn2c(c(OCc3ccccc3)c1=O)C(=O)N(Cc1cccc(Cl)c1)CC2. The van der Waals surface area contributed by atoms with Crippen molar-refractivity contribution in [2.75, 3.05) is 13.6 Å². The first kappa shape index (κ1) is 21.6. The topological polar surface area (TPSA) is 80.6 Å². The Labute approximate surface area is 190 Å². The summed E-state index contributed by atoms with van der Waals surface area (Å²) >= 11 is 6.08. The zero-order valence-corrected chi connectivity index (χ0v) is 18.3. The molecule has 0 saturated heterocycles. The monoisotopic (exact) mass is 451 g/mol. The molecule has 4 rings (SSSR count). The minimum atomic E-state index is -0.607. The number of hydrogen-bond donors (Lipinski definition) is 1. The van der Waals surface area contributed by atoms with E-state index in [-0.39, 0.29) is 29.5 Å². The molecule has 1 N–H and O–H groups in total. The fourth-order valence-corrected chi connectivity index (χ4v) is 3.89. The maximum absolute atomic E-state index is 13.4. The molecule has 2 aromatic carbocycles. The van der Waals surface area contributed by atoms with Crippen molar-refractivity contribution < 1.29 is 14.3 Å². The van der Waals surface area contributed by atoms with Crippen LogP contribution in [0.15, 0.2) is 65.6 Å². The summed E-state index contributed by atoms with van der Waals surface area (Å²) in [4.78, 5) is 40.4. The number of aromatic nitrogens is 1. The number of fused-ring (bicyclic) bond motifs is 1. The van der Waals surface area contributed by atoms with Crippen LogP contribution in [0.25, 0.3) is 0 Å². The lowest BCUT2D eigenvalue weighted by atomic mass is 10.1. The molecule has 0 spiro atoms. The van der Waals surface area contributed by atoms with Gasteiger partial charge in [-0.05, 0) is 23.3 Å². The Balaban J connectivity index is 1.72. The van der Waals surface area contributed by atoms with Gasteiger partial charge < -0.3 is 19.5 Å². The maximum Gasteiger partial charge on any atom is 0.274 e. The largest absolute Gasteiger partial charge is 0.483 e. The molecule has 164 valence electrons. The van der Waals surface area contributed by atoms with E-state index in [4.69, 9.17) is 16.3 Å². The Hall–Kier alpha value is -3.58. The summed E-state index contributed by atoms with van der Waals surface area (Å²) < 4.78 is 7.49. The molecule has 2 heterocycles. The lowest BCUT2D eigenvalue weighted by Gasteiger charge is -2.31. The van der Waals surface area contributed by atoms with Crippen LogP contribution in [0.5, 0.6) is 5.75 Å². The van der Waals surface area contributed by atoms with Crippen LogP contribution in [0.3, 0.4) is 0 Å². The van der Waals surface area contributed by atoms with Crippen LogP contribution in [-0.2, 0) is 19.7 Å². The average molecular weight is 452 g/mol. The highest BCUT2D eigenvalue weighted by atomic mass is 35.5. The van der Waals surface area contributed by atoms with Crippen LogP contribution in [0.1, 0.15) is 32.0 Å². The second-order valence-electron chi connectivity index (χ2n) is 7.45. The van der Waals surface area contributed by atoms with Crippen molar-refractivity contribution in [3.63, 3.8) is 0 Å². The van der Waals surface area contributed by atoms with Crippen LogP contribution < -0.4 is 15.5 Å². The molecule has 0 bridgehead atoms. The highest BCUT2D eigenvalue weighted by Gasteiger charge is 2.31. The summed E-state index contributed by atoms with van der Waals surface area (Å²) in [5.74, 6) is -0.973. The van der Waals surface area contributed by atoms with E-state index in [0.29, 0.717) is 24.7 Å². The Morgan fingerprint density at radius 1 is 1.06 bits per heavy atom. The van der Waals surface area contributed by atoms with Crippen molar-refractivity contribution in [3.05, 3.63) is 98.4 Å². The highest BCUT2D eigenvalue weighted by molar-refractivity contribution is 6.30. The van der Waals surface area contributed by atoms with Crippen LogP contribution in [0.2, 0.25) is 5.02 Å². The molecule has 0 aliphatic carbocycles. The van der Waals surface area contributed by atoms with E-state index in [1.807, 2.05) is 42.5 Å². The van der Waals surface area contributed by atoms with Gasteiger partial charge in [0.1, 0.15) is 12.2 Å². The Kier molecular flexibility index (Phi) is 6.28. The number of pyridine rings is 1. The number of benzene rings is 2. The second-order valence-corrected chi connectivity index (χ2v) is 7.89. The first-order valence-electron chi connectivity index (χ1n) is 10.2. The van der Waals surface area contributed by atoms with Crippen molar-refractivity contribution in [2.24, 2.45) is 0 Å². The lowest BCUT2D eigenvalue weighted by molar-refractivity contribution is 0.0678. The second kappa shape index (κ2) is 9.28. The van der Waals surface area contributed by atoms with Crippen LogP contribution in [-0.4, -0.2) is 34.9 Å². The first-order chi connectivity index (χ1) is 15.5. The summed E-state index contributed by atoms with van der Waals surface area (Å²) in [6, 6.07) is 16.6. The van der Waals surface area contributed by atoms with Gasteiger partial charge in [0, 0.05) is 37.9 Å². The molecule has 7 nitrogen and oxygen atoms in total. The van der Waals surface area contributed by atoms with E-state index in [2.05, 4.69) is 5.32 Å². The Morgan fingerprint density at radius 2 is 1.81 bits per heavy atom. The highest BCUT2D eigenvalue weighted by Crippen LogP contribution is 2.24. The molecule has 8 heteroatoms. The van der Waals surface area contributed by atoms with Crippen LogP contribution >= 0.6 is 11.6 Å². The normalized spacial score (nSPS) is 12.9. The van der Waals surface area contributed by atoms with Gasteiger partial charge in [-0.1, -0.05) is 54.1 Å². The average Bonchev–Trinajstić information content (AvgIpc) is 2.80. The predicted molar refractivity (Wildman–Crippen MR) is 121 cm³/mol. The Bertz CT molecular complexity index is 1220. The Morgan fingerprint density at radius 3 is 2.53 bits per heavy atom. The predicted octanol–water partition coefficient (Wildman–Crippen LogP) is 3.10. The van der Waals surface area contributed by atoms with E-state index >= 15 is 0 Å². The number of ether oxygens (including phenoxy) is 1. The number of hydrogen-bond acceptors (Lipinski definition) is 4. The van der Waals surface area contributed by atoms with Crippen molar-refractivity contribution in [1.29, 1.82) is 0 Å². The number of nitrogens with zero attached hydrogens (tertiary/aromatic N) is 2. The molecular weight excluding hydrogens is 430 g/mol. The molecule has 2 amide bonds. The van der Waals surface area contributed by atoms with Gasteiger partial charge in [0.2, 0.25) is 5.43 Å². The third kappa shape index (κ3) is 4.38. The van der Waals surface area contributed by atoms with E-state index in [0.717, 1.165) is 11.1 Å². The smallest absolute Gasteiger partial charge is 0.274 e. The molecule has 0 unspecified atom stereocenters. The first-order valence-corrected chi connectivity index (χ1v) is 10.6. The molecule has 0 saturated carbocycles. The van der Waals surface area contributed by atoms with Gasteiger partial charge in [-0.2, -0.15) is 0 Å². The van der Waals surface area contributed by atoms with Crippen LogP contribution in [0.4, 0.5) is 0 Å². The maximum atomic E-state index is 13.4. The molecule has 1 aliphatic heterocycles. The van der Waals surface area contributed by atoms with Gasteiger partial charge in [-0.3, -0.25) is 14.4 Å². The van der Waals surface area contributed by atoms with Crippen molar-refractivity contribution >= 4 is 23.4 Å². The minimum absolute atomic E-state index is 0.0598. The van der Waals surface area contributed by atoms with Gasteiger partial charge in [0.25, 0.3) is 11.8 Å². The van der Waals surface area contributed by atoms with Crippen LogP contribution in [0, 0.1) is 0 Å². The molecular formula is C24H22ClN3O4. The zero-order chi connectivity index (χ0) is 22.7. The summed E-state index contributed by atoms with van der Waals surface area (Å²) in [6.45, 7) is 1.30. The molecule has 3 aromatic rings. The molecule has 0 atom stereocenters. The van der Waals surface area contributed by atoms with Crippen molar-refractivity contribution in [1.82, 2.24) is 14.8 Å². The molecule has 1 aromatic heterocycles. The van der Waals surface area contributed by atoms with E-state index < -0.39 is 11.3 Å². The van der Waals surface area contributed by atoms with E-state index in [1.165, 1.54) is 13.2 Å². The number of carbonyl (C=O) groups is 2.